The molecule has 1 heterocycles. The second kappa shape index (κ2) is 9.03. The summed E-state index contributed by atoms with van der Waals surface area (Å²) in [6.45, 7) is 2.96. The third-order valence-electron chi connectivity index (χ3n) is 2.62. The molecule has 0 unspecified atom stereocenters. The molecule has 0 spiro atoms. The average Bonchev–Trinajstić information content (AvgIpc) is 2.42. The van der Waals surface area contributed by atoms with Crippen LogP contribution in [0.15, 0.2) is 11.2 Å². The normalized spacial score (nSPS) is 10.4. The highest BCUT2D eigenvalue weighted by Gasteiger charge is 2.03. The van der Waals surface area contributed by atoms with Gasteiger partial charge in [0, 0.05) is 13.1 Å². The van der Waals surface area contributed by atoms with Crippen LogP contribution < -0.4 is 10.1 Å². The van der Waals surface area contributed by atoms with E-state index in [0.717, 1.165) is 24.0 Å². The summed E-state index contributed by atoms with van der Waals surface area (Å²) >= 11 is 1.52. The molecule has 102 valence electrons. The van der Waals surface area contributed by atoms with Gasteiger partial charge in [0.25, 0.3) is 0 Å². The van der Waals surface area contributed by atoms with E-state index in [2.05, 4.69) is 22.2 Å². The number of hydrogen-bond acceptors (Lipinski definition) is 5. The molecule has 0 saturated carbocycles. The van der Waals surface area contributed by atoms with E-state index in [4.69, 9.17) is 4.74 Å². The van der Waals surface area contributed by atoms with Crippen LogP contribution in [0.1, 0.15) is 39.0 Å². The Hall–Kier alpha value is -0.970. The summed E-state index contributed by atoms with van der Waals surface area (Å²) < 4.78 is 5.67. The van der Waals surface area contributed by atoms with Crippen molar-refractivity contribution in [2.75, 3.05) is 25.2 Å². The number of aromatic nitrogens is 2. The molecule has 0 aliphatic rings. The van der Waals surface area contributed by atoms with E-state index < -0.39 is 0 Å². The number of hydrogen-bond donors (Lipinski definition) is 1. The lowest BCUT2D eigenvalue weighted by molar-refractivity contribution is 0.290. The lowest BCUT2D eigenvalue weighted by atomic mass is 10.2. The third kappa shape index (κ3) is 5.58. The Morgan fingerprint density at radius 3 is 2.67 bits per heavy atom. The first-order valence-corrected chi connectivity index (χ1v) is 7.76. The molecular formula is C13H23N3OS. The van der Waals surface area contributed by atoms with Gasteiger partial charge in [0.1, 0.15) is 5.82 Å². The lowest BCUT2D eigenvalue weighted by Gasteiger charge is -2.08. The Kier molecular flexibility index (Phi) is 7.57. The summed E-state index contributed by atoms with van der Waals surface area (Å²) in [5, 5.41) is 3.75. The van der Waals surface area contributed by atoms with Crippen molar-refractivity contribution in [3.63, 3.8) is 0 Å². The van der Waals surface area contributed by atoms with Gasteiger partial charge in [-0.05, 0) is 12.7 Å². The molecule has 0 fully saturated rings. The smallest absolute Gasteiger partial charge is 0.219 e. The summed E-state index contributed by atoms with van der Waals surface area (Å²) in [5.74, 6) is 1.46. The van der Waals surface area contributed by atoms with Gasteiger partial charge in [-0.2, -0.15) is 4.98 Å². The van der Waals surface area contributed by atoms with Crippen molar-refractivity contribution in [1.82, 2.24) is 9.97 Å². The predicted molar refractivity (Wildman–Crippen MR) is 77.6 cm³/mol. The number of unbranched alkanes of at least 4 members (excludes halogenated alkanes) is 4. The van der Waals surface area contributed by atoms with E-state index in [9.17, 15) is 0 Å². The van der Waals surface area contributed by atoms with Gasteiger partial charge in [0.2, 0.25) is 5.88 Å². The summed E-state index contributed by atoms with van der Waals surface area (Å²) in [7, 11) is 1.85. The van der Waals surface area contributed by atoms with E-state index in [1.54, 1.807) is 0 Å². The molecule has 0 aliphatic heterocycles. The zero-order valence-corrected chi connectivity index (χ0v) is 12.3. The fourth-order valence-corrected chi connectivity index (χ4v) is 1.95. The van der Waals surface area contributed by atoms with Gasteiger partial charge >= 0.3 is 0 Å². The Morgan fingerprint density at radius 1 is 1.22 bits per heavy atom. The van der Waals surface area contributed by atoms with Gasteiger partial charge in [-0.3, -0.25) is 0 Å². The van der Waals surface area contributed by atoms with E-state index in [0.29, 0.717) is 5.88 Å². The molecule has 0 radical (unpaired) electrons. The maximum absolute atomic E-state index is 5.67. The molecule has 1 aromatic heterocycles. The van der Waals surface area contributed by atoms with E-state index in [-0.39, 0.29) is 0 Å². The van der Waals surface area contributed by atoms with Crippen molar-refractivity contribution in [2.45, 2.75) is 44.2 Å². The predicted octanol–water partition coefficient (Wildman–Crippen LogP) is 3.59. The largest absolute Gasteiger partial charge is 0.478 e. The standard InChI is InChI=1S/C13H23N3OS/c1-4-5-6-7-8-9-17-12-10-11(14-2)15-13(16-12)18-3/h10H,4-9H2,1-3H3,(H,14,15,16). The van der Waals surface area contributed by atoms with Gasteiger partial charge in [-0.1, -0.05) is 44.4 Å². The van der Waals surface area contributed by atoms with Crippen LogP contribution in [0.25, 0.3) is 0 Å². The van der Waals surface area contributed by atoms with Gasteiger partial charge in [-0.25, -0.2) is 4.98 Å². The van der Waals surface area contributed by atoms with Gasteiger partial charge < -0.3 is 10.1 Å². The monoisotopic (exact) mass is 269 g/mol. The van der Waals surface area contributed by atoms with Crippen molar-refractivity contribution < 1.29 is 4.74 Å². The Morgan fingerprint density at radius 2 is 2.00 bits per heavy atom. The van der Waals surface area contributed by atoms with Crippen molar-refractivity contribution in [1.29, 1.82) is 0 Å². The maximum atomic E-state index is 5.67. The SMILES string of the molecule is CCCCCCCOc1cc(NC)nc(SC)n1. The fourth-order valence-electron chi connectivity index (χ4n) is 1.58. The van der Waals surface area contributed by atoms with Gasteiger partial charge in [0.15, 0.2) is 5.16 Å². The topological polar surface area (TPSA) is 47.0 Å². The molecule has 4 nitrogen and oxygen atoms in total. The first-order valence-electron chi connectivity index (χ1n) is 6.53. The zero-order chi connectivity index (χ0) is 13.2. The molecule has 0 atom stereocenters. The molecular weight excluding hydrogens is 246 g/mol. The number of ether oxygens (including phenoxy) is 1. The summed E-state index contributed by atoms with van der Waals surface area (Å²) in [6.07, 6.45) is 8.16. The molecule has 0 aromatic carbocycles. The first-order chi connectivity index (χ1) is 8.80. The van der Waals surface area contributed by atoms with Crippen LogP contribution in [0.2, 0.25) is 0 Å². The van der Waals surface area contributed by atoms with E-state index in [1.165, 1.54) is 37.4 Å². The van der Waals surface area contributed by atoms with Gasteiger partial charge in [-0.15, -0.1) is 0 Å². The van der Waals surface area contributed by atoms with Crippen LogP contribution in [0, 0.1) is 0 Å². The summed E-state index contributed by atoms with van der Waals surface area (Å²) in [5.41, 5.74) is 0. The van der Waals surface area contributed by atoms with Gasteiger partial charge in [0.05, 0.1) is 6.61 Å². The second-order valence-corrected chi connectivity index (χ2v) is 4.86. The minimum atomic E-state index is 0.661. The average molecular weight is 269 g/mol. The number of anilines is 1. The summed E-state index contributed by atoms with van der Waals surface area (Å²) in [6, 6.07) is 1.84. The number of thioether (sulfide) groups is 1. The highest BCUT2D eigenvalue weighted by atomic mass is 32.2. The Labute approximate surface area is 114 Å². The van der Waals surface area contributed by atoms with Crippen LogP contribution in [-0.2, 0) is 0 Å². The molecule has 0 aliphatic carbocycles. The van der Waals surface area contributed by atoms with E-state index in [1.807, 2.05) is 19.4 Å². The molecule has 1 N–H and O–H groups in total. The molecule has 18 heavy (non-hydrogen) atoms. The highest BCUT2D eigenvalue weighted by molar-refractivity contribution is 7.98. The maximum Gasteiger partial charge on any atom is 0.219 e. The number of nitrogens with zero attached hydrogens (tertiary/aromatic N) is 2. The number of nitrogens with one attached hydrogen (secondary N) is 1. The molecule has 5 heteroatoms. The highest BCUT2D eigenvalue weighted by Crippen LogP contribution is 2.18. The molecule has 0 saturated heterocycles. The Balaban J connectivity index is 2.36. The second-order valence-electron chi connectivity index (χ2n) is 4.09. The van der Waals surface area contributed by atoms with Crippen LogP contribution in [0.5, 0.6) is 5.88 Å². The van der Waals surface area contributed by atoms with Crippen LogP contribution in [-0.4, -0.2) is 29.9 Å². The molecule has 0 amide bonds. The quantitative estimate of drug-likeness (QED) is 0.422. The van der Waals surface area contributed by atoms with Crippen LogP contribution >= 0.6 is 11.8 Å². The van der Waals surface area contributed by atoms with Crippen molar-refractivity contribution >= 4 is 17.6 Å². The van der Waals surface area contributed by atoms with Crippen molar-refractivity contribution in [3.8, 4) is 5.88 Å². The minimum Gasteiger partial charge on any atom is -0.478 e. The molecule has 1 aromatic rings. The minimum absolute atomic E-state index is 0.661. The molecule has 1 rings (SSSR count). The van der Waals surface area contributed by atoms with Crippen LogP contribution in [0.3, 0.4) is 0 Å². The third-order valence-corrected chi connectivity index (χ3v) is 3.17. The van der Waals surface area contributed by atoms with Crippen molar-refractivity contribution in [3.05, 3.63) is 6.07 Å². The van der Waals surface area contributed by atoms with E-state index >= 15 is 0 Å². The van der Waals surface area contributed by atoms with Crippen LogP contribution in [0.4, 0.5) is 5.82 Å². The molecule has 0 bridgehead atoms. The van der Waals surface area contributed by atoms with Crippen molar-refractivity contribution in [2.24, 2.45) is 0 Å². The number of rotatable bonds is 9. The zero-order valence-electron chi connectivity index (χ0n) is 11.5. The first kappa shape index (κ1) is 15.1. The Bertz CT molecular complexity index is 325. The summed E-state index contributed by atoms with van der Waals surface area (Å²) in [4.78, 5) is 8.62. The lowest BCUT2D eigenvalue weighted by Crippen LogP contribution is -2.02. The fraction of sp³-hybridized carbons (Fsp3) is 0.692.